The normalized spacial score (nSPS) is 15.8. The number of nitro groups is 1. The van der Waals surface area contributed by atoms with E-state index < -0.39 is 45.6 Å². The standard InChI is InChI=1S/C24H20F5N9O3/c1-31-24(35-38(39)40)36-6-2-3-11(9-36)37-23-17(22(30)32-10-33-23)20(34-37)13-5-4-12(7-14(13)25)41-21-18(28)15(26)8-16(27)19(21)29/h4-5,7-8,10-11H,2-3,6,9H2,1H3,(H,31,35)(H2,30,32,33). The number of rotatable bonds is 5. The molecule has 2 aromatic carbocycles. The summed E-state index contributed by atoms with van der Waals surface area (Å²) in [4.78, 5) is 20.9. The van der Waals surface area contributed by atoms with Crippen LogP contribution >= 0.6 is 0 Å². The number of benzene rings is 2. The molecule has 214 valence electrons. The number of halogens is 5. The summed E-state index contributed by atoms with van der Waals surface area (Å²) in [6, 6.07) is 2.72. The van der Waals surface area contributed by atoms with Gasteiger partial charge < -0.3 is 20.7 Å². The molecule has 0 bridgehead atoms. The smallest absolute Gasteiger partial charge is 0.271 e. The summed E-state index contributed by atoms with van der Waals surface area (Å²) in [6.45, 7) is 0.740. The van der Waals surface area contributed by atoms with Crippen LogP contribution in [0.4, 0.5) is 27.8 Å². The Labute approximate surface area is 227 Å². The molecule has 1 aliphatic rings. The van der Waals surface area contributed by atoms with Crippen molar-refractivity contribution in [2.45, 2.75) is 18.9 Å². The van der Waals surface area contributed by atoms with Gasteiger partial charge in [0.05, 0.1) is 11.4 Å². The van der Waals surface area contributed by atoms with Gasteiger partial charge >= 0.3 is 0 Å². The van der Waals surface area contributed by atoms with E-state index >= 15 is 4.39 Å². The third-order valence-electron chi connectivity index (χ3n) is 6.45. The van der Waals surface area contributed by atoms with Gasteiger partial charge in [0.1, 0.15) is 34.5 Å². The van der Waals surface area contributed by atoms with E-state index in [4.69, 9.17) is 10.5 Å². The van der Waals surface area contributed by atoms with Gasteiger partial charge in [0.25, 0.3) is 5.96 Å². The minimum atomic E-state index is -1.78. The van der Waals surface area contributed by atoms with Crippen LogP contribution in [0, 0.1) is 39.2 Å². The number of nitrogens with two attached hydrogens (primary N) is 1. The molecule has 0 saturated carbocycles. The lowest BCUT2D eigenvalue weighted by Crippen LogP contribution is -2.46. The molecule has 2 aromatic heterocycles. The van der Waals surface area contributed by atoms with E-state index in [0.717, 1.165) is 12.1 Å². The highest BCUT2D eigenvalue weighted by Gasteiger charge is 2.30. The monoisotopic (exact) mass is 577 g/mol. The molecule has 3 N–H and O–H groups in total. The molecule has 1 unspecified atom stereocenters. The quantitative estimate of drug-likeness (QED) is 0.0897. The number of aromatic nitrogens is 4. The van der Waals surface area contributed by atoms with Crippen molar-refractivity contribution in [2.24, 2.45) is 5.10 Å². The van der Waals surface area contributed by atoms with Crippen LogP contribution in [0.25, 0.3) is 22.3 Å². The molecule has 17 heteroatoms. The van der Waals surface area contributed by atoms with Crippen molar-refractivity contribution in [1.29, 1.82) is 0 Å². The molecule has 1 aliphatic heterocycles. The largest absolute Gasteiger partial charge is 0.451 e. The first-order valence-corrected chi connectivity index (χ1v) is 12.0. The van der Waals surface area contributed by atoms with Crippen LogP contribution in [0.2, 0.25) is 0 Å². The van der Waals surface area contributed by atoms with Gasteiger partial charge in [-0.25, -0.2) is 37.9 Å². The molecular weight excluding hydrogens is 557 g/mol. The number of nitrogens with one attached hydrogen (secondary N) is 1. The second kappa shape index (κ2) is 10.8. The van der Waals surface area contributed by atoms with E-state index in [0.29, 0.717) is 19.4 Å². The van der Waals surface area contributed by atoms with Crippen LogP contribution in [0.5, 0.6) is 11.5 Å². The lowest BCUT2D eigenvalue weighted by atomic mass is 10.1. The van der Waals surface area contributed by atoms with Gasteiger partial charge in [-0.15, -0.1) is 0 Å². The first-order valence-electron chi connectivity index (χ1n) is 12.0. The van der Waals surface area contributed by atoms with Crippen molar-refractivity contribution in [3.05, 3.63) is 69.8 Å². The molecule has 12 nitrogen and oxygen atoms in total. The maximum Gasteiger partial charge on any atom is 0.271 e. The van der Waals surface area contributed by atoms with Crippen LogP contribution in [0.1, 0.15) is 18.9 Å². The molecule has 1 saturated heterocycles. The SMILES string of the molecule is CN/C(=N\[N+](=O)[O-])N1CCCC(n2nc(-c3ccc(Oc4c(F)c(F)cc(F)c4F)cc3F)c3c(N)ncnc32)C1. The van der Waals surface area contributed by atoms with E-state index in [1.807, 2.05) is 0 Å². The fourth-order valence-electron chi connectivity index (χ4n) is 4.64. The number of fused-ring (bicyclic) bond motifs is 1. The van der Waals surface area contributed by atoms with Crippen LogP contribution in [-0.4, -0.2) is 55.8 Å². The summed E-state index contributed by atoms with van der Waals surface area (Å²) in [7, 11) is 1.50. The van der Waals surface area contributed by atoms with E-state index in [1.54, 1.807) is 4.90 Å². The van der Waals surface area contributed by atoms with Crippen molar-refractivity contribution < 1.29 is 31.7 Å². The minimum absolute atomic E-state index is 0.00570. The fraction of sp³-hybridized carbons (Fsp3) is 0.250. The molecular formula is C24H20F5N9O3. The fourth-order valence-corrected chi connectivity index (χ4v) is 4.64. The van der Waals surface area contributed by atoms with Crippen LogP contribution in [0.3, 0.4) is 0 Å². The Bertz CT molecular complexity index is 1670. The Balaban J connectivity index is 1.53. The number of ether oxygens (including phenoxy) is 1. The number of hydrogen-bond acceptors (Lipinski definition) is 7. The van der Waals surface area contributed by atoms with Gasteiger partial charge in [0.2, 0.25) is 17.4 Å². The van der Waals surface area contributed by atoms with Gasteiger partial charge in [0.15, 0.2) is 22.3 Å². The van der Waals surface area contributed by atoms with Gasteiger partial charge in [-0.05, 0) is 25.0 Å². The Hall–Kier alpha value is -5.09. The number of hydrazone groups is 1. The average molecular weight is 577 g/mol. The number of likely N-dealkylation sites (tertiary alicyclic amines) is 1. The Morgan fingerprint density at radius 1 is 1.15 bits per heavy atom. The van der Waals surface area contributed by atoms with Crippen LogP contribution in [-0.2, 0) is 0 Å². The van der Waals surface area contributed by atoms with Crippen molar-refractivity contribution in [2.75, 3.05) is 25.9 Å². The minimum Gasteiger partial charge on any atom is -0.451 e. The zero-order chi connectivity index (χ0) is 29.4. The Morgan fingerprint density at radius 3 is 2.54 bits per heavy atom. The molecule has 1 atom stereocenters. The van der Waals surface area contributed by atoms with Crippen LogP contribution in [0.15, 0.2) is 35.7 Å². The highest BCUT2D eigenvalue weighted by atomic mass is 19.2. The summed E-state index contributed by atoms with van der Waals surface area (Å²) < 4.78 is 77.1. The molecule has 3 heterocycles. The highest BCUT2D eigenvalue weighted by Crippen LogP contribution is 2.37. The zero-order valence-corrected chi connectivity index (χ0v) is 21.1. The number of nitrogen functional groups attached to an aromatic ring is 1. The predicted octanol–water partition coefficient (Wildman–Crippen LogP) is 3.97. The van der Waals surface area contributed by atoms with E-state index in [1.165, 1.54) is 24.1 Å². The third kappa shape index (κ3) is 5.12. The topological polar surface area (TPSA) is 150 Å². The van der Waals surface area contributed by atoms with E-state index in [2.05, 4.69) is 25.5 Å². The number of anilines is 1. The maximum absolute atomic E-state index is 15.4. The molecule has 0 spiro atoms. The summed E-state index contributed by atoms with van der Waals surface area (Å²) >= 11 is 0. The number of nitrogens with zero attached hydrogens (tertiary/aromatic N) is 7. The predicted molar refractivity (Wildman–Crippen MR) is 135 cm³/mol. The third-order valence-corrected chi connectivity index (χ3v) is 6.45. The molecule has 5 rings (SSSR count). The molecule has 4 aromatic rings. The number of hydrogen-bond donors (Lipinski definition) is 2. The average Bonchev–Trinajstić information content (AvgIpc) is 3.34. The number of piperidine rings is 1. The Morgan fingerprint density at radius 2 is 1.88 bits per heavy atom. The molecule has 0 radical (unpaired) electrons. The van der Waals surface area contributed by atoms with Crippen molar-refractivity contribution in [3.63, 3.8) is 0 Å². The van der Waals surface area contributed by atoms with E-state index in [9.17, 15) is 27.7 Å². The molecule has 41 heavy (non-hydrogen) atoms. The summed E-state index contributed by atoms with van der Waals surface area (Å²) in [6.07, 6.45) is 2.43. The second-order valence-electron chi connectivity index (χ2n) is 8.95. The van der Waals surface area contributed by atoms with Gasteiger partial charge in [-0.1, -0.05) is 0 Å². The van der Waals surface area contributed by atoms with E-state index in [-0.39, 0.29) is 52.7 Å². The van der Waals surface area contributed by atoms with Gasteiger partial charge in [-0.2, -0.15) is 13.9 Å². The molecule has 0 aliphatic carbocycles. The van der Waals surface area contributed by atoms with Gasteiger partial charge in [0, 0.05) is 37.8 Å². The summed E-state index contributed by atoms with van der Waals surface area (Å²) in [5, 5.41) is 21.0. The van der Waals surface area contributed by atoms with Crippen molar-refractivity contribution >= 4 is 22.8 Å². The molecule has 1 fully saturated rings. The lowest BCUT2D eigenvalue weighted by molar-refractivity contribution is -0.486. The second-order valence-corrected chi connectivity index (χ2v) is 8.95. The number of guanidine groups is 1. The first-order chi connectivity index (χ1) is 19.6. The maximum atomic E-state index is 15.4. The summed E-state index contributed by atoms with van der Waals surface area (Å²) in [5.74, 6) is -9.67. The lowest BCUT2D eigenvalue weighted by Gasteiger charge is -2.33. The van der Waals surface area contributed by atoms with Crippen molar-refractivity contribution in [3.8, 4) is 22.8 Å². The Kier molecular flexibility index (Phi) is 7.25. The zero-order valence-electron chi connectivity index (χ0n) is 21.1. The summed E-state index contributed by atoms with van der Waals surface area (Å²) in [5.41, 5.74) is 6.32. The van der Waals surface area contributed by atoms with Gasteiger partial charge in [-0.3, -0.25) is 0 Å². The highest BCUT2D eigenvalue weighted by molar-refractivity contribution is 5.98. The van der Waals surface area contributed by atoms with Crippen molar-refractivity contribution in [1.82, 2.24) is 30.0 Å². The van der Waals surface area contributed by atoms with Crippen LogP contribution < -0.4 is 15.8 Å². The molecule has 0 amide bonds. The first kappa shape index (κ1) is 27.5.